The second kappa shape index (κ2) is 4.45. The number of aromatic nitrogens is 2. The molecule has 0 amide bonds. The molecular weight excluding hydrogens is 160 g/mol. The summed E-state index contributed by atoms with van der Waals surface area (Å²) >= 11 is 0. The Morgan fingerprint density at radius 2 is 2.00 bits per heavy atom. The molecule has 2 nitrogen and oxygen atoms in total. The largest absolute Gasteiger partial charge is 0.272 e. The molecule has 0 atom stereocenters. The fourth-order valence-corrected chi connectivity index (χ4v) is 1.19. The second-order valence-corrected chi connectivity index (χ2v) is 4.37. The molecule has 0 saturated carbocycles. The van der Waals surface area contributed by atoms with E-state index >= 15 is 0 Å². The molecule has 0 N–H and O–H groups in total. The van der Waals surface area contributed by atoms with Crippen LogP contribution in [0.3, 0.4) is 0 Å². The van der Waals surface area contributed by atoms with Gasteiger partial charge in [-0.1, -0.05) is 27.7 Å². The Balaban J connectivity index is 2.49. The molecule has 2 heteroatoms. The van der Waals surface area contributed by atoms with E-state index in [0.29, 0.717) is 5.92 Å². The molecule has 1 heterocycles. The average molecular weight is 180 g/mol. The van der Waals surface area contributed by atoms with Crippen molar-refractivity contribution in [1.29, 1.82) is 0 Å². The van der Waals surface area contributed by atoms with E-state index in [9.17, 15) is 0 Å². The van der Waals surface area contributed by atoms with Gasteiger partial charge in [0.05, 0.1) is 6.20 Å². The van der Waals surface area contributed by atoms with Crippen LogP contribution in [-0.4, -0.2) is 9.78 Å². The summed E-state index contributed by atoms with van der Waals surface area (Å²) in [7, 11) is 0. The number of hydrogen-bond acceptors (Lipinski definition) is 1. The third-order valence-corrected chi connectivity index (χ3v) is 2.26. The van der Waals surface area contributed by atoms with Crippen molar-refractivity contribution in [1.82, 2.24) is 9.78 Å². The normalized spacial score (nSPS) is 11.5. The van der Waals surface area contributed by atoms with Crippen LogP contribution in [0.2, 0.25) is 0 Å². The SMILES string of the molecule is CC(C)CCn1cc(C(C)C)cn1. The van der Waals surface area contributed by atoms with Crippen LogP contribution >= 0.6 is 0 Å². The van der Waals surface area contributed by atoms with Crippen molar-refractivity contribution >= 4 is 0 Å². The highest BCUT2D eigenvalue weighted by Crippen LogP contribution is 2.12. The van der Waals surface area contributed by atoms with Gasteiger partial charge >= 0.3 is 0 Å². The van der Waals surface area contributed by atoms with E-state index in [1.807, 2.05) is 6.20 Å². The second-order valence-electron chi connectivity index (χ2n) is 4.37. The quantitative estimate of drug-likeness (QED) is 0.696. The van der Waals surface area contributed by atoms with Crippen molar-refractivity contribution in [3.05, 3.63) is 18.0 Å². The summed E-state index contributed by atoms with van der Waals surface area (Å²) in [4.78, 5) is 0. The summed E-state index contributed by atoms with van der Waals surface area (Å²) < 4.78 is 2.05. The van der Waals surface area contributed by atoms with E-state index in [0.717, 1.165) is 12.5 Å². The third kappa shape index (κ3) is 3.21. The zero-order valence-corrected chi connectivity index (χ0v) is 9.12. The van der Waals surface area contributed by atoms with Crippen LogP contribution in [0.5, 0.6) is 0 Å². The lowest BCUT2D eigenvalue weighted by Gasteiger charge is -2.04. The smallest absolute Gasteiger partial charge is 0.0524 e. The zero-order valence-electron chi connectivity index (χ0n) is 9.12. The maximum Gasteiger partial charge on any atom is 0.0524 e. The number of hydrogen-bond donors (Lipinski definition) is 0. The molecular formula is C11H20N2. The summed E-state index contributed by atoms with van der Waals surface area (Å²) in [6.07, 6.45) is 5.34. The van der Waals surface area contributed by atoms with E-state index in [1.165, 1.54) is 12.0 Å². The van der Waals surface area contributed by atoms with Crippen LogP contribution in [0, 0.1) is 5.92 Å². The summed E-state index contributed by atoms with van der Waals surface area (Å²) in [5.41, 5.74) is 1.34. The molecule has 0 aliphatic rings. The van der Waals surface area contributed by atoms with Gasteiger partial charge in [-0.15, -0.1) is 0 Å². The summed E-state index contributed by atoms with van der Waals surface area (Å²) in [6, 6.07) is 0. The van der Waals surface area contributed by atoms with E-state index in [-0.39, 0.29) is 0 Å². The predicted molar refractivity (Wildman–Crippen MR) is 55.8 cm³/mol. The Labute approximate surface area is 81.0 Å². The average Bonchev–Trinajstić information content (AvgIpc) is 2.48. The number of nitrogens with zero attached hydrogens (tertiary/aromatic N) is 2. The summed E-state index contributed by atoms with van der Waals surface area (Å²) in [5, 5.41) is 4.33. The predicted octanol–water partition coefficient (Wildman–Crippen LogP) is 3.05. The highest BCUT2D eigenvalue weighted by atomic mass is 15.3. The Kier molecular flexibility index (Phi) is 3.52. The highest BCUT2D eigenvalue weighted by molar-refractivity contribution is 5.08. The minimum Gasteiger partial charge on any atom is -0.272 e. The van der Waals surface area contributed by atoms with E-state index in [2.05, 4.69) is 43.7 Å². The Hall–Kier alpha value is -0.790. The molecule has 0 bridgehead atoms. The molecule has 0 saturated heterocycles. The van der Waals surface area contributed by atoms with Crippen molar-refractivity contribution in [2.24, 2.45) is 5.92 Å². The van der Waals surface area contributed by atoms with Gasteiger partial charge in [0.15, 0.2) is 0 Å². The maximum absolute atomic E-state index is 4.33. The van der Waals surface area contributed by atoms with Crippen LogP contribution in [0.1, 0.15) is 45.6 Å². The first-order chi connectivity index (χ1) is 6.09. The topological polar surface area (TPSA) is 17.8 Å². The molecule has 74 valence electrons. The van der Waals surface area contributed by atoms with E-state index in [4.69, 9.17) is 0 Å². The van der Waals surface area contributed by atoms with Gasteiger partial charge < -0.3 is 0 Å². The van der Waals surface area contributed by atoms with Crippen molar-refractivity contribution in [3.8, 4) is 0 Å². The molecule has 1 aromatic heterocycles. The molecule has 0 aliphatic heterocycles. The standard InChI is InChI=1S/C11H20N2/c1-9(2)5-6-13-8-11(7-12-13)10(3)4/h7-10H,5-6H2,1-4H3. The Morgan fingerprint density at radius 1 is 1.31 bits per heavy atom. The molecule has 0 spiro atoms. The van der Waals surface area contributed by atoms with E-state index in [1.54, 1.807) is 0 Å². The van der Waals surface area contributed by atoms with Crippen LogP contribution in [-0.2, 0) is 6.54 Å². The van der Waals surface area contributed by atoms with Gasteiger partial charge in [-0.2, -0.15) is 5.10 Å². The molecule has 0 radical (unpaired) electrons. The maximum atomic E-state index is 4.33. The lowest BCUT2D eigenvalue weighted by Crippen LogP contribution is -2.01. The molecule has 1 rings (SSSR count). The van der Waals surface area contributed by atoms with Gasteiger partial charge in [0.2, 0.25) is 0 Å². The monoisotopic (exact) mass is 180 g/mol. The minimum absolute atomic E-state index is 0.591. The first-order valence-electron chi connectivity index (χ1n) is 5.12. The van der Waals surface area contributed by atoms with Gasteiger partial charge in [0.25, 0.3) is 0 Å². The van der Waals surface area contributed by atoms with Gasteiger partial charge in [-0.25, -0.2) is 0 Å². The highest BCUT2D eigenvalue weighted by Gasteiger charge is 2.02. The lowest BCUT2D eigenvalue weighted by molar-refractivity contribution is 0.487. The van der Waals surface area contributed by atoms with Crippen LogP contribution in [0.4, 0.5) is 0 Å². The third-order valence-electron chi connectivity index (χ3n) is 2.26. The van der Waals surface area contributed by atoms with E-state index < -0.39 is 0 Å². The van der Waals surface area contributed by atoms with Gasteiger partial charge in [0.1, 0.15) is 0 Å². The molecule has 0 aromatic carbocycles. The van der Waals surface area contributed by atoms with Gasteiger partial charge in [-0.3, -0.25) is 4.68 Å². The summed E-state index contributed by atoms with van der Waals surface area (Å²) in [5.74, 6) is 1.35. The van der Waals surface area contributed by atoms with Crippen molar-refractivity contribution in [2.45, 2.75) is 46.6 Å². The molecule has 13 heavy (non-hydrogen) atoms. The molecule has 0 fully saturated rings. The molecule has 1 aromatic rings. The van der Waals surface area contributed by atoms with Crippen LogP contribution in [0.25, 0.3) is 0 Å². The fourth-order valence-electron chi connectivity index (χ4n) is 1.19. The first kappa shape index (κ1) is 10.3. The Bertz CT molecular complexity index is 248. The minimum atomic E-state index is 0.591. The molecule has 0 unspecified atom stereocenters. The lowest BCUT2D eigenvalue weighted by atomic mass is 10.1. The van der Waals surface area contributed by atoms with Crippen LogP contribution in [0.15, 0.2) is 12.4 Å². The summed E-state index contributed by atoms with van der Waals surface area (Å²) in [6.45, 7) is 9.93. The van der Waals surface area contributed by atoms with Crippen molar-refractivity contribution < 1.29 is 0 Å². The van der Waals surface area contributed by atoms with Crippen molar-refractivity contribution in [2.75, 3.05) is 0 Å². The number of rotatable bonds is 4. The first-order valence-corrected chi connectivity index (χ1v) is 5.12. The van der Waals surface area contributed by atoms with Gasteiger partial charge in [-0.05, 0) is 23.8 Å². The number of aryl methyl sites for hydroxylation is 1. The molecule has 0 aliphatic carbocycles. The zero-order chi connectivity index (χ0) is 9.84. The van der Waals surface area contributed by atoms with Crippen LogP contribution < -0.4 is 0 Å². The Morgan fingerprint density at radius 3 is 2.46 bits per heavy atom. The van der Waals surface area contributed by atoms with Gasteiger partial charge in [0, 0.05) is 12.7 Å². The fraction of sp³-hybridized carbons (Fsp3) is 0.727. The van der Waals surface area contributed by atoms with Crippen molar-refractivity contribution in [3.63, 3.8) is 0 Å².